The largest absolute Gasteiger partial charge is 0.480 e. The van der Waals surface area contributed by atoms with Gasteiger partial charge in [-0.25, -0.2) is 13.8 Å². The van der Waals surface area contributed by atoms with Gasteiger partial charge in [0.25, 0.3) is 0 Å². The first-order valence-electron chi connectivity index (χ1n) is 6.32. The van der Waals surface area contributed by atoms with Crippen LogP contribution in [0.1, 0.15) is 23.2 Å². The first-order valence-corrected chi connectivity index (χ1v) is 7.20. The third-order valence-electron chi connectivity index (χ3n) is 2.64. The molecule has 0 saturated heterocycles. The number of hydrogen-bond acceptors (Lipinski definition) is 4. The lowest BCUT2D eigenvalue weighted by molar-refractivity contribution is 0.273. The highest BCUT2D eigenvalue weighted by Crippen LogP contribution is 2.24. The monoisotopic (exact) mass is 298 g/mol. The van der Waals surface area contributed by atoms with Crippen molar-refractivity contribution in [3.8, 4) is 5.75 Å². The maximum Gasteiger partial charge on any atom is 0.191 e. The zero-order chi connectivity index (χ0) is 14.5. The second-order valence-corrected chi connectivity index (χ2v) is 5.28. The van der Waals surface area contributed by atoms with Gasteiger partial charge in [0.05, 0.1) is 0 Å². The molecule has 1 heterocycles. The van der Waals surface area contributed by atoms with Crippen molar-refractivity contribution < 1.29 is 13.5 Å². The van der Waals surface area contributed by atoms with Gasteiger partial charge < -0.3 is 10.1 Å². The molecule has 1 N–H and O–H groups in total. The van der Waals surface area contributed by atoms with Crippen molar-refractivity contribution in [3.05, 3.63) is 45.4 Å². The molecule has 0 bridgehead atoms. The Hall–Kier alpha value is -1.53. The summed E-state index contributed by atoms with van der Waals surface area (Å²) in [6.45, 7) is 5.02. The van der Waals surface area contributed by atoms with Crippen molar-refractivity contribution in [2.45, 2.75) is 27.0 Å². The molecular weight excluding hydrogens is 282 g/mol. The Morgan fingerprint density at radius 3 is 2.55 bits per heavy atom. The summed E-state index contributed by atoms with van der Waals surface area (Å²) in [6.07, 6.45) is 0. The van der Waals surface area contributed by atoms with Crippen LogP contribution < -0.4 is 10.1 Å². The fraction of sp³-hybridized carbons (Fsp3) is 0.357. The lowest BCUT2D eigenvalue weighted by Crippen LogP contribution is -2.12. The van der Waals surface area contributed by atoms with E-state index >= 15 is 0 Å². The molecular formula is C14H16F2N2OS. The summed E-state index contributed by atoms with van der Waals surface area (Å²) in [5.74, 6) is -1.73. The van der Waals surface area contributed by atoms with Crippen LogP contribution in [-0.2, 0) is 13.2 Å². The average molecular weight is 298 g/mol. The van der Waals surface area contributed by atoms with Crippen LogP contribution in [0.4, 0.5) is 8.78 Å². The van der Waals surface area contributed by atoms with Crippen LogP contribution in [0.5, 0.6) is 5.75 Å². The first kappa shape index (κ1) is 14.9. The van der Waals surface area contributed by atoms with E-state index in [2.05, 4.69) is 10.3 Å². The van der Waals surface area contributed by atoms with Crippen LogP contribution >= 0.6 is 11.3 Å². The molecule has 0 saturated carbocycles. The van der Waals surface area contributed by atoms with E-state index in [1.807, 2.05) is 19.2 Å². The standard InChI is InChI=1S/C14H16F2N2OS/c1-3-17-6-10-4-11(15)14(12(16)5-10)19-7-13-18-9(2)8-20-13/h4-5,8,17H,3,6-7H2,1-2H3. The van der Waals surface area contributed by atoms with Gasteiger partial charge in [-0.15, -0.1) is 11.3 Å². The average Bonchev–Trinajstić information content (AvgIpc) is 2.81. The Labute approximate surface area is 120 Å². The molecule has 0 aliphatic carbocycles. The fourth-order valence-electron chi connectivity index (χ4n) is 1.72. The fourth-order valence-corrected chi connectivity index (χ4v) is 2.41. The van der Waals surface area contributed by atoms with Crippen molar-refractivity contribution in [2.75, 3.05) is 6.54 Å². The molecule has 0 aliphatic rings. The Morgan fingerprint density at radius 2 is 2.00 bits per heavy atom. The van der Waals surface area contributed by atoms with Gasteiger partial charge in [0.15, 0.2) is 17.4 Å². The first-order chi connectivity index (χ1) is 9.60. The van der Waals surface area contributed by atoms with Gasteiger partial charge in [-0.05, 0) is 31.2 Å². The maximum absolute atomic E-state index is 13.8. The van der Waals surface area contributed by atoms with Crippen molar-refractivity contribution in [1.82, 2.24) is 10.3 Å². The molecule has 0 unspecified atom stereocenters. The van der Waals surface area contributed by atoms with Gasteiger partial charge in [-0.2, -0.15) is 0 Å². The van der Waals surface area contributed by atoms with Crippen molar-refractivity contribution in [2.24, 2.45) is 0 Å². The smallest absolute Gasteiger partial charge is 0.191 e. The molecule has 0 radical (unpaired) electrons. The number of nitrogens with one attached hydrogen (secondary N) is 1. The molecule has 108 valence electrons. The van der Waals surface area contributed by atoms with Crippen molar-refractivity contribution in [3.63, 3.8) is 0 Å². The van der Waals surface area contributed by atoms with E-state index in [9.17, 15) is 8.78 Å². The van der Waals surface area contributed by atoms with E-state index < -0.39 is 11.6 Å². The topological polar surface area (TPSA) is 34.1 Å². The maximum atomic E-state index is 13.8. The predicted molar refractivity (Wildman–Crippen MR) is 74.9 cm³/mol. The minimum Gasteiger partial charge on any atom is -0.480 e. The minimum atomic E-state index is -0.689. The number of aryl methyl sites for hydroxylation is 1. The van der Waals surface area contributed by atoms with Gasteiger partial charge in [0.1, 0.15) is 11.6 Å². The van der Waals surface area contributed by atoms with Gasteiger partial charge in [-0.1, -0.05) is 6.92 Å². The van der Waals surface area contributed by atoms with Crippen LogP contribution in [0.2, 0.25) is 0 Å². The van der Waals surface area contributed by atoms with Crippen LogP contribution in [-0.4, -0.2) is 11.5 Å². The summed E-state index contributed by atoms with van der Waals surface area (Å²) in [5, 5.41) is 5.58. The summed E-state index contributed by atoms with van der Waals surface area (Å²) in [6, 6.07) is 2.57. The quantitative estimate of drug-likeness (QED) is 0.887. The third kappa shape index (κ3) is 3.74. The second-order valence-electron chi connectivity index (χ2n) is 4.34. The Kier molecular flexibility index (Phi) is 5.03. The van der Waals surface area contributed by atoms with Crippen LogP contribution in [0.3, 0.4) is 0 Å². The Morgan fingerprint density at radius 1 is 1.30 bits per heavy atom. The number of halogens is 2. The summed E-state index contributed by atoms with van der Waals surface area (Å²) in [4.78, 5) is 4.18. The summed E-state index contributed by atoms with van der Waals surface area (Å²) in [5.41, 5.74) is 1.43. The number of rotatable bonds is 6. The zero-order valence-electron chi connectivity index (χ0n) is 11.4. The molecule has 1 aromatic heterocycles. The molecule has 20 heavy (non-hydrogen) atoms. The predicted octanol–water partition coefficient (Wildman–Crippen LogP) is 3.42. The number of thiazole rings is 1. The van der Waals surface area contributed by atoms with Crippen LogP contribution in [0, 0.1) is 18.6 Å². The summed E-state index contributed by atoms with van der Waals surface area (Å²) < 4.78 is 32.9. The SMILES string of the molecule is CCNCc1cc(F)c(OCc2nc(C)cs2)c(F)c1. The number of aromatic nitrogens is 1. The van der Waals surface area contributed by atoms with Crippen LogP contribution in [0.15, 0.2) is 17.5 Å². The Bertz CT molecular complexity index is 563. The molecule has 2 aromatic rings. The zero-order valence-corrected chi connectivity index (χ0v) is 12.2. The van der Waals surface area contributed by atoms with Gasteiger partial charge in [0.2, 0.25) is 0 Å². The van der Waals surface area contributed by atoms with Crippen molar-refractivity contribution >= 4 is 11.3 Å². The Balaban J connectivity index is 2.07. The van der Waals surface area contributed by atoms with Gasteiger partial charge >= 0.3 is 0 Å². The number of ether oxygens (including phenoxy) is 1. The molecule has 0 amide bonds. The van der Waals surface area contributed by atoms with E-state index in [4.69, 9.17) is 4.74 Å². The number of benzene rings is 1. The lowest BCUT2D eigenvalue weighted by atomic mass is 10.2. The van der Waals surface area contributed by atoms with E-state index in [1.165, 1.54) is 23.5 Å². The van der Waals surface area contributed by atoms with Gasteiger partial charge in [0, 0.05) is 17.6 Å². The molecule has 3 nitrogen and oxygen atoms in total. The summed E-state index contributed by atoms with van der Waals surface area (Å²) >= 11 is 1.40. The highest BCUT2D eigenvalue weighted by molar-refractivity contribution is 7.09. The van der Waals surface area contributed by atoms with E-state index in [0.29, 0.717) is 17.1 Å². The molecule has 0 fully saturated rings. The lowest BCUT2D eigenvalue weighted by Gasteiger charge is -2.09. The second kappa shape index (κ2) is 6.76. The van der Waals surface area contributed by atoms with E-state index in [0.717, 1.165) is 12.2 Å². The molecule has 0 aliphatic heterocycles. The molecule has 6 heteroatoms. The summed E-state index contributed by atoms with van der Waals surface area (Å²) in [7, 11) is 0. The van der Waals surface area contributed by atoms with E-state index in [-0.39, 0.29) is 12.4 Å². The highest BCUT2D eigenvalue weighted by Gasteiger charge is 2.13. The third-order valence-corrected chi connectivity index (χ3v) is 3.58. The van der Waals surface area contributed by atoms with Crippen LogP contribution in [0.25, 0.3) is 0 Å². The minimum absolute atomic E-state index is 0.0684. The highest BCUT2D eigenvalue weighted by atomic mass is 32.1. The van der Waals surface area contributed by atoms with E-state index in [1.54, 1.807) is 0 Å². The molecule has 1 aromatic carbocycles. The van der Waals surface area contributed by atoms with Crippen molar-refractivity contribution in [1.29, 1.82) is 0 Å². The number of hydrogen-bond donors (Lipinski definition) is 1. The number of nitrogens with zero attached hydrogens (tertiary/aromatic N) is 1. The van der Waals surface area contributed by atoms with Gasteiger partial charge in [-0.3, -0.25) is 0 Å². The molecule has 2 rings (SSSR count). The normalized spacial score (nSPS) is 10.8. The molecule has 0 spiro atoms. The molecule has 0 atom stereocenters.